The molecule has 2 N–H and O–H groups in total. The van der Waals surface area contributed by atoms with Crippen LogP contribution in [0, 0.1) is 0 Å². The number of aliphatic carboxylic acids is 1. The summed E-state index contributed by atoms with van der Waals surface area (Å²) in [5.41, 5.74) is 0.150. The van der Waals surface area contributed by atoms with Crippen LogP contribution in [0.5, 0.6) is 0 Å². The van der Waals surface area contributed by atoms with Crippen LogP contribution in [-0.4, -0.2) is 46.4 Å². The van der Waals surface area contributed by atoms with Crippen molar-refractivity contribution in [2.24, 2.45) is 0 Å². The molecule has 0 unspecified atom stereocenters. The number of hydrogen-bond acceptors (Lipinski definition) is 5. The van der Waals surface area contributed by atoms with Crippen LogP contribution in [0.1, 0.15) is 38.2 Å². The molecule has 1 saturated carbocycles. The molecule has 6 nitrogen and oxygen atoms in total. The highest BCUT2D eigenvalue weighted by Crippen LogP contribution is 2.42. The van der Waals surface area contributed by atoms with Crippen molar-refractivity contribution < 1.29 is 24.6 Å². The summed E-state index contributed by atoms with van der Waals surface area (Å²) in [6.45, 7) is 1.35. The molecule has 0 aromatic heterocycles. The maximum atomic E-state index is 12.8. The van der Waals surface area contributed by atoms with Gasteiger partial charge in [0.15, 0.2) is 6.04 Å². The Kier molecular flexibility index (Phi) is 5.38. The summed E-state index contributed by atoms with van der Waals surface area (Å²) in [6, 6.07) is 8.14. The number of aliphatic hydroxyl groups excluding tert-OH is 1. The molecule has 0 bridgehead atoms. The third kappa shape index (κ3) is 3.54. The number of carbonyl (C=O) groups excluding carboxylic acids is 1. The van der Waals surface area contributed by atoms with Gasteiger partial charge in [-0.25, -0.2) is 4.79 Å². The lowest BCUT2D eigenvalue weighted by molar-refractivity contribution is -0.212. The van der Waals surface area contributed by atoms with Crippen molar-refractivity contribution in [3.63, 3.8) is 0 Å². The van der Waals surface area contributed by atoms with Crippen LogP contribution in [0.25, 0.3) is 0 Å². The lowest BCUT2D eigenvalue weighted by Crippen LogP contribution is -2.49. The van der Waals surface area contributed by atoms with Crippen LogP contribution in [0.4, 0.5) is 0 Å². The molecular formula is C17H23NO5. The van der Waals surface area contributed by atoms with E-state index in [-0.39, 0.29) is 0 Å². The Hall–Kier alpha value is -1.92. The van der Waals surface area contributed by atoms with Crippen LogP contribution in [0.2, 0.25) is 0 Å². The number of carboxylic acids is 1. The van der Waals surface area contributed by atoms with E-state index < -0.39 is 29.5 Å². The highest BCUT2D eigenvalue weighted by molar-refractivity contribution is 5.84. The van der Waals surface area contributed by atoms with Crippen LogP contribution < -0.4 is 0 Å². The first-order chi connectivity index (χ1) is 10.9. The molecule has 2 atom stereocenters. The third-order valence-electron chi connectivity index (χ3n) is 4.50. The summed E-state index contributed by atoms with van der Waals surface area (Å²) in [7, 11) is 1.36. The molecule has 0 aliphatic heterocycles. The van der Waals surface area contributed by atoms with Gasteiger partial charge in [-0.15, -0.1) is 5.06 Å². The number of benzene rings is 1. The fourth-order valence-electron chi connectivity index (χ4n) is 3.29. The van der Waals surface area contributed by atoms with Crippen molar-refractivity contribution in [1.82, 2.24) is 5.06 Å². The molecule has 1 aliphatic carbocycles. The molecule has 6 heteroatoms. The van der Waals surface area contributed by atoms with Crippen LogP contribution in [0.15, 0.2) is 30.3 Å². The van der Waals surface area contributed by atoms with Crippen LogP contribution >= 0.6 is 0 Å². The zero-order valence-corrected chi connectivity index (χ0v) is 13.4. The molecule has 0 radical (unpaired) electrons. The molecule has 126 valence electrons. The summed E-state index contributed by atoms with van der Waals surface area (Å²) in [6.07, 6.45) is 2.03. The number of rotatable bonds is 6. The summed E-state index contributed by atoms with van der Waals surface area (Å²) in [4.78, 5) is 29.4. The van der Waals surface area contributed by atoms with Crippen molar-refractivity contribution in [1.29, 1.82) is 0 Å². The van der Waals surface area contributed by atoms with Gasteiger partial charge < -0.3 is 15.1 Å². The van der Waals surface area contributed by atoms with Gasteiger partial charge in [0, 0.05) is 7.05 Å². The fraction of sp³-hybridized carbons (Fsp3) is 0.529. The molecule has 0 amide bonds. The highest BCUT2D eigenvalue weighted by Gasteiger charge is 2.45. The van der Waals surface area contributed by atoms with Crippen LogP contribution in [0.3, 0.4) is 0 Å². The molecular weight excluding hydrogens is 298 g/mol. The molecule has 1 aromatic rings. The Labute approximate surface area is 135 Å². The number of aliphatic hydroxyl groups is 1. The van der Waals surface area contributed by atoms with Gasteiger partial charge in [0.05, 0.1) is 11.5 Å². The fourth-order valence-corrected chi connectivity index (χ4v) is 3.29. The summed E-state index contributed by atoms with van der Waals surface area (Å²) in [5.74, 6) is -1.70. The normalized spacial score (nSPS) is 19.3. The summed E-state index contributed by atoms with van der Waals surface area (Å²) in [5, 5.41) is 19.7. The second-order valence-corrected chi connectivity index (χ2v) is 6.10. The number of hydroxylamine groups is 2. The summed E-state index contributed by atoms with van der Waals surface area (Å²) >= 11 is 0. The monoisotopic (exact) mass is 321 g/mol. The maximum absolute atomic E-state index is 12.8. The predicted octanol–water partition coefficient (Wildman–Crippen LogP) is 1.72. The van der Waals surface area contributed by atoms with E-state index in [0.29, 0.717) is 12.8 Å². The van der Waals surface area contributed by atoms with Gasteiger partial charge in [0.25, 0.3) is 0 Å². The lowest BCUT2D eigenvalue weighted by atomic mass is 9.79. The lowest BCUT2D eigenvalue weighted by Gasteiger charge is -2.31. The number of carbonyl (C=O) groups is 2. The highest BCUT2D eigenvalue weighted by atomic mass is 16.7. The van der Waals surface area contributed by atoms with E-state index in [1.165, 1.54) is 14.0 Å². The number of hydrogen-bond donors (Lipinski definition) is 2. The molecule has 2 rings (SSSR count). The van der Waals surface area contributed by atoms with E-state index in [2.05, 4.69) is 0 Å². The van der Waals surface area contributed by atoms with Crippen molar-refractivity contribution in [3.8, 4) is 0 Å². The van der Waals surface area contributed by atoms with Gasteiger partial charge in [0.2, 0.25) is 0 Å². The van der Waals surface area contributed by atoms with Gasteiger partial charge in [-0.2, -0.15) is 0 Å². The Balaban J connectivity index is 2.21. The number of nitrogens with zero attached hydrogens (tertiary/aromatic N) is 1. The van der Waals surface area contributed by atoms with E-state index in [4.69, 9.17) is 4.84 Å². The maximum Gasteiger partial charge on any atom is 0.335 e. The molecule has 1 aromatic carbocycles. The molecule has 1 fully saturated rings. The second kappa shape index (κ2) is 7.10. The molecule has 0 spiro atoms. The van der Waals surface area contributed by atoms with Crippen molar-refractivity contribution >= 4 is 11.9 Å². The first-order valence-corrected chi connectivity index (χ1v) is 7.80. The van der Waals surface area contributed by atoms with Crippen molar-refractivity contribution in [3.05, 3.63) is 35.9 Å². The Morgan fingerprint density at radius 1 is 1.22 bits per heavy atom. The van der Waals surface area contributed by atoms with E-state index in [1.807, 2.05) is 30.3 Å². The number of carboxylic acid groups (broad SMARTS) is 1. The molecule has 0 heterocycles. The van der Waals surface area contributed by atoms with Crippen LogP contribution in [-0.2, 0) is 19.8 Å². The molecule has 23 heavy (non-hydrogen) atoms. The van der Waals surface area contributed by atoms with E-state index in [9.17, 15) is 19.8 Å². The number of likely N-dealkylation sites (N-methyl/N-ethyl adjacent to an activating group) is 1. The van der Waals surface area contributed by atoms with Gasteiger partial charge in [-0.1, -0.05) is 43.2 Å². The average molecular weight is 321 g/mol. The van der Waals surface area contributed by atoms with Crippen molar-refractivity contribution in [2.45, 2.75) is 50.2 Å². The Morgan fingerprint density at radius 2 is 1.78 bits per heavy atom. The topological polar surface area (TPSA) is 87.1 Å². The zero-order chi connectivity index (χ0) is 17.0. The minimum Gasteiger partial charge on any atom is -0.480 e. The standard InChI is InChI=1S/C17H23NO5/c1-12(19)14(15(20)21)18(2)23-16(22)17(10-6-7-11-17)13-8-4-3-5-9-13/h3-5,8-9,12,14,19H,6-7,10-11H2,1-2H3,(H,20,21)/t12-,14+/m1/s1. The largest absolute Gasteiger partial charge is 0.480 e. The Bertz CT molecular complexity index is 551. The Morgan fingerprint density at radius 3 is 2.26 bits per heavy atom. The first-order valence-electron chi connectivity index (χ1n) is 7.80. The van der Waals surface area contributed by atoms with Gasteiger partial charge >= 0.3 is 11.9 Å². The minimum atomic E-state index is -1.30. The first kappa shape index (κ1) is 17.4. The SMILES string of the molecule is C[C@@H](O)[C@@H](C(=O)O)N(C)OC(=O)C1(c2ccccc2)CCCC1. The quantitative estimate of drug-likeness (QED) is 0.776. The van der Waals surface area contributed by atoms with Gasteiger partial charge in [0.1, 0.15) is 0 Å². The predicted molar refractivity (Wildman–Crippen MR) is 83.5 cm³/mol. The van der Waals surface area contributed by atoms with Gasteiger partial charge in [-0.3, -0.25) is 4.79 Å². The zero-order valence-electron chi connectivity index (χ0n) is 13.4. The summed E-state index contributed by atoms with van der Waals surface area (Å²) < 4.78 is 0. The molecule has 1 aliphatic rings. The average Bonchev–Trinajstić information content (AvgIpc) is 2.98. The second-order valence-electron chi connectivity index (χ2n) is 6.10. The van der Waals surface area contributed by atoms with Crippen molar-refractivity contribution in [2.75, 3.05) is 7.05 Å². The third-order valence-corrected chi connectivity index (χ3v) is 4.50. The molecule has 0 saturated heterocycles. The minimum absolute atomic E-state index is 0.462. The van der Waals surface area contributed by atoms with Gasteiger partial charge in [-0.05, 0) is 25.3 Å². The smallest absolute Gasteiger partial charge is 0.335 e. The van der Waals surface area contributed by atoms with E-state index >= 15 is 0 Å². The van der Waals surface area contributed by atoms with E-state index in [0.717, 1.165) is 23.5 Å². The van der Waals surface area contributed by atoms with E-state index in [1.54, 1.807) is 0 Å².